The number of thiophene rings is 1. The molecule has 0 aliphatic carbocycles. The minimum atomic E-state index is 0.423. The van der Waals surface area contributed by atoms with Crippen molar-refractivity contribution in [2.45, 2.75) is 18.8 Å². The Kier molecular flexibility index (Phi) is 3.41. The van der Waals surface area contributed by atoms with Gasteiger partial charge in [-0.15, -0.1) is 11.3 Å². The van der Waals surface area contributed by atoms with Crippen molar-refractivity contribution in [2.75, 3.05) is 19.6 Å². The van der Waals surface area contributed by atoms with E-state index in [1.807, 2.05) is 17.5 Å². The number of rotatable bonds is 3. The summed E-state index contributed by atoms with van der Waals surface area (Å²) in [6, 6.07) is 6.03. The maximum absolute atomic E-state index is 11.1. The van der Waals surface area contributed by atoms with Crippen LogP contribution < -0.4 is 5.43 Å². The average molecular weight is 302 g/mol. The maximum atomic E-state index is 11.1. The van der Waals surface area contributed by atoms with Gasteiger partial charge in [0.2, 0.25) is 0 Å². The van der Waals surface area contributed by atoms with E-state index in [0.29, 0.717) is 17.6 Å². The lowest BCUT2D eigenvalue weighted by Crippen LogP contribution is -2.39. The van der Waals surface area contributed by atoms with E-state index >= 15 is 0 Å². The van der Waals surface area contributed by atoms with Gasteiger partial charge in [0.05, 0.1) is 4.88 Å². The molecule has 0 amide bonds. The zero-order valence-corrected chi connectivity index (χ0v) is 12.6. The molecule has 0 aromatic carbocycles. The molecule has 0 spiro atoms. The molecule has 21 heavy (non-hydrogen) atoms. The number of nitrogens with one attached hydrogen (secondary N) is 1. The van der Waals surface area contributed by atoms with E-state index in [2.05, 4.69) is 16.5 Å². The second kappa shape index (κ2) is 5.40. The second-order valence-corrected chi connectivity index (χ2v) is 6.77. The largest absolute Gasteiger partial charge is 0.452 e. The number of furan rings is 1. The molecule has 1 N–H and O–H groups in total. The smallest absolute Gasteiger partial charge is 0.185 e. The van der Waals surface area contributed by atoms with Crippen molar-refractivity contribution in [1.29, 1.82) is 0 Å². The van der Waals surface area contributed by atoms with E-state index in [-0.39, 0.29) is 0 Å². The topological polar surface area (TPSA) is 45.5 Å². The molecule has 1 unspecified atom stereocenters. The number of piperidine rings is 1. The summed E-state index contributed by atoms with van der Waals surface area (Å²) in [6.07, 6.45) is 3.23. The van der Waals surface area contributed by atoms with E-state index in [0.717, 1.165) is 36.6 Å². The summed E-state index contributed by atoms with van der Waals surface area (Å²) >= 11 is 1.66. The lowest BCUT2D eigenvalue weighted by Gasteiger charge is -2.28. The molecule has 3 fully saturated rings. The Hall–Kier alpha value is -1.43. The van der Waals surface area contributed by atoms with Gasteiger partial charge in [0, 0.05) is 31.1 Å². The van der Waals surface area contributed by atoms with Crippen LogP contribution in [0.2, 0.25) is 0 Å². The van der Waals surface area contributed by atoms with Gasteiger partial charge in [-0.05, 0) is 36.3 Å². The van der Waals surface area contributed by atoms with Crippen molar-refractivity contribution in [3.8, 4) is 10.6 Å². The molecule has 2 aromatic rings. The van der Waals surface area contributed by atoms with Gasteiger partial charge in [0.1, 0.15) is 5.76 Å². The quantitative estimate of drug-likeness (QED) is 0.885. The normalized spacial score (nSPS) is 28.5. The standard InChI is InChI=1S/C16H18N2O2S/c19-10-12-8-13(16(20-12)15-2-1-7-21-15)14-9-17-18-5-3-11(14)4-6-18/h1-2,7-8,10-11,14,17H,3-6,9H2. The summed E-state index contributed by atoms with van der Waals surface area (Å²) in [4.78, 5) is 12.2. The molecule has 1 atom stereocenters. The summed E-state index contributed by atoms with van der Waals surface area (Å²) in [7, 11) is 0. The number of aldehydes is 1. The fraction of sp³-hybridized carbons (Fsp3) is 0.438. The van der Waals surface area contributed by atoms with Crippen molar-refractivity contribution in [3.63, 3.8) is 0 Å². The molecule has 2 aromatic heterocycles. The molecule has 110 valence electrons. The first kappa shape index (κ1) is 13.2. The fourth-order valence-electron chi connectivity index (χ4n) is 3.58. The molecule has 3 aliphatic heterocycles. The Morgan fingerprint density at radius 2 is 2.24 bits per heavy atom. The van der Waals surface area contributed by atoms with Crippen molar-refractivity contribution in [2.24, 2.45) is 5.92 Å². The van der Waals surface area contributed by atoms with Gasteiger partial charge >= 0.3 is 0 Å². The van der Waals surface area contributed by atoms with Gasteiger partial charge < -0.3 is 4.42 Å². The van der Waals surface area contributed by atoms with Crippen LogP contribution in [0.15, 0.2) is 28.0 Å². The van der Waals surface area contributed by atoms with Crippen LogP contribution in [-0.2, 0) is 0 Å². The molecule has 5 heterocycles. The molecule has 5 heteroatoms. The van der Waals surface area contributed by atoms with E-state index in [1.165, 1.54) is 18.4 Å². The highest BCUT2D eigenvalue weighted by atomic mass is 32.1. The van der Waals surface area contributed by atoms with Crippen molar-refractivity contribution < 1.29 is 9.21 Å². The number of hydrazine groups is 1. The lowest BCUT2D eigenvalue weighted by molar-refractivity contribution is 0.110. The van der Waals surface area contributed by atoms with Crippen molar-refractivity contribution >= 4 is 17.6 Å². The summed E-state index contributed by atoms with van der Waals surface area (Å²) in [5.74, 6) is 2.42. The molecular weight excluding hydrogens is 284 g/mol. The third kappa shape index (κ3) is 2.35. The highest BCUT2D eigenvalue weighted by molar-refractivity contribution is 7.13. The second-order valence-electron chi connectivity index (χ2n) is 5.82. The molecule has 3 saturated heterocycles. The molecule has 4 nitrogen and oxygen atoms in total. The van der Waals surface area contributed by atoms with E-state index in [9.17, 15) is 4.79 Å². The molecule has 0 radical (unpaired) electrons. The van der Waals surface area contributed by atoms with Crippen LogP contribution in [0.5, 0.6) is 0 Å². The van der Waals surface area contributed by atoms with Gasteiger partial charge in [-0.25, -0.2) is 5.01 Å². The first-order valence-electron chi connectivity index (χ1n) is 7.46. The van der Waals surface area contributed by atoms with Gasteiger partial charge in [-0.2, -0.15) is 0 Å². The Morgan fingerprint density at radius 1 is 1.38 bits per heavy atom. The Bertz CT molecular complexity index is 627. The van der Waals surface area contributed by atoms with Crippen LogP contribution in [0.3, 0.4) is 0 Å². The fourth-order valence-corrected chi connectivity index (χ4v) is 4.30. The van der Waals surface area contributed by atoms with Gasteiger partial charge in [-0.1, -0.05) is 6.07 Å². The predicted molar refractivity (Wildman–Crippen MR) is 82.4 cm³/mol. The van der Waals surface area contributed by atoms with Crippen molar-refractivity contribution in [1.82, 2.24) is 10.4 Å². The minimum Gasteiger partial charge on any atom is -0.452 e. The lowest BCUT2D eigenvalue weighted by atomic mass is 9.81. The van der Waals surface area contributed by atoms with Gasteiger partial charge in [0.25, 0.3) is 0 Å². The zero-order valence-electron chi connectivity index (χ0n) is 11.7. The van der Waals surface area contributed by atoms with Crippen LogP contribution in [0, 0.1) is 5.92 Å². The number of fused-ring (bicyclic) bond motifs is 4. The number of hydrogen-bond acceptors (Lipinski definition) is 5. The first-order chi connectivity index (χ1) is 10.3. The van der Waals surface area contributed by atoms with E-state index < -0.39 is 0 Å². The van der Waals surface area contributed by atoms with Crippen LogP contribution in [-0.4, -0.2) is 30.9 Å². The van der Waals surface area contributed by atoms with Crippen LogP contribution in [0.25, 0.3) is 10.6 Å². The zero-order chi connectivity index (χ0) is 14.2. The Labute approximate surface area is 127 Å². The van der Waals surface area contributed by atoms with Gasteiger partial charge in [0.15, 0.2) is 12.0 Å². The molecule has 0 saturated carbocycles. The first-order valence-corrected chi connectivity index (χ1v) is 8.34. The number of hydrogen-bond donors (Lipinski definition) is 1. The molecule has 2 bridgehead atoms. The van der Waals surface area contributed by atoms with Gasteiger partial charge in [-0.3, -0.25) is 10.2 Å². The summed E-state index contributed by atoms with van der Waals surface area (Å²) in [5, 5.41) is 4.37. The number of carbonyl (C=O) groups excluding carboxylic acids is 1. The highest BCUT2D eigenvalue weighted by Crippen LogP contribution is 2.41. The summed E-state index contributed by atoms with van der Waals surface area (Å²) in [6.45, 7) is 3.17. The predicted octanol–water partition coefficient (Wildman–Crippen LogP) is 3.13. The highest BCUT2D eigenvalue weighted by Gasteiger charge is 2.34. The Morgan fingerprint density at radius 3 is 2.95 bits per heavy atom. The monoisotopic (exact) mass is 302 g/mol. The third-order valence-corrected chi connectivity index (χ3v) is 5.55. The number of carbonyl (C=O) groups is 1. The van der Waals surface area contributed by atoms with Crippen LogP contribution in [0.1, 0.15) is 34.9 Å². The molecular formula is C16H18N2O2S. The maximum Gasteiger partial charge on any atom is 0.185 e. The molecule has 3 aliphatic rings. The van der Waals surface area contributed by atoms with Crippen molar-refractivity contribution in [3.05, 3.63) is 34.9 Å². The van der Waals surface area contributed by atoms with Crippen LogP contribution in [0.4, 0.5) is 0 Å². The minimum absolute atomic E-state index is 0.423. The Balaban J connectivity index is 1.76. The van der Waals surface area contributed by atoms with E-state index in [4.69, 9.17) is 4.42 Å². The average Bonchev–Trinajstić information content (AvgIpc) is 3.10. The number of nitrogens with zero attached hydrogens (tertiary/aromatic N) is 1. The third-order valence-electron chi connectivity index (χ3n) is 4.68. The SMILES string of the molecule is O=Cc1cc(C2CNN3CCC2CC3)c(-c2cccs2)o1. The molecule has 5 rings (SSSR count). The summed E-state index contributed by atoms with van der Waals surface area (Å²) < 4.78 is 5.81. The van der Waals surface area contributed by atoms with Crippen LogP contribution >= 0.6 is 11.3 Å². The van der Waals surface area contributed by atoms with E-state index in [1.54, 1.807) is 11.3 Å². The summed E-state index contributed by atoms with van der Waals surface area (Å²) in [5.41, 5.74) is 4.72.